The van der Waals surface area contributed by atoms with Gasteiger partial charge in [-0.3, -0.25) is 0 Å². The molecule has 0 saturated carbocycles. The zero-order valence-corrected chi connectivity index (χ0v) is 13.9. The molecule has 0 aliphatic rings. The fourth-order valence-corrected chi connectivity index (χ4v) is 2.53. The minimum atomic E-state index is 0.628. The number of hydrogen-bond donors (Lipinski definition) is 1. The minimum absolute atomic E-state index is 0.628. The lowest BCUT2D eigenvalue weighted by molar-refractivity contribution is 0.302. The van der Waals surface area contributed by atoms with Gasteiger partial charge in [-0.2, -0.15) is 5.21 Å². The summed E-state index contributed by atoms with van der Waals surface area (Å²) in [6, 6.07) is 4.13. The third-order valence-corrected chi connectivity index (χ3v) is 3.86. The Morgan fingerprint density at radius 3 is 2.50 bits per heavy atom. The van der Waals surface area contributed by atoms with Gasteiger partial charge in [-0.1, -0.05) is 39.0 Å². The summed E-state index contributed by atoms with van der Waals surface area (Å²) in [5.74, 6) is 1.58. The predicted molar refractivity (Wildman–Crippen MR) is 88.0 cm³/mol. The maximum atomic E-state index is 5.93. The van der Waals surface area contributed by atoms with Crippen LogP contribution in [0.3, 0.4) is 0 Å². The van der Waals surface area contributed by atoms with E-state index in [2.05, 4.69) is 46.6 Å². The number of rotatable bonds is 9. The Labute approximate surface area is 132 Å². The van der Waals surface area contributed by atoms with E-state index in [1.54, 1.807) is 0 Å². The van der Waals surface area contributed by atoms with Crippen molar-refractivity contribution in [1.29, 1.82) is 0 Å². The van der Waals surface area contributed by atoms with Crippen molar-refractivity contribution in [3.05, 3.63) is 23.3 Å². The van der Waals surface area contributed by atoms with Crippen LogP contribution in [-0.4, -0.2) is 27.2 Å². The van der Waals surface area contributed by atoms with Crippen LogP contribution in [0.5, 0.6) is 5.75 Å². The summed E-state index contributed by atoms with van der Waals surface area (Å²) < 4.78 is 5.93. The van der Waals surface area contributed by atoms with E-state index in [0.29, 0.717) is 5.82 Å². The first-order valence-corrected chi connectivity index (χ1v) is 8.20. The molecule has 1 aromatic heterocycles. The molecule has 1 aromatic carbocycles. The van der Waals surface area contributed by atoms with Crippen molar-refractivity contribution >= 4 is 0 Å². The number of aromatic amines is 1. The Balaban J connectivity index is 1.86. The second kappa shape index (κ2) is 8.51. The molecule has 0 fully saturated rings. The molecule has 0 aliphatic heterocycles. The average molecular weight is 302 g/mol. The summed E-state index contributed by atoms with van der Waals surface area (Å²) in [5, 5.41) is 14.2. The molecule has 0 amide bonds. The number of ether oxygens (including phenoxy) is 1. The highest BCUT2D eigenvalue weighted by molar-refractivity contribution is 5.62. The third kappa shape index (κ3) is 4.55. The monoisotopic (exact) mass is 302 g/mol. The first-order chi connectivity index (χ1) is 10.7. The number of nitrogens with zero attached hydrogens (tertiary/aromatic N) is 3. The van der Waals surface area contributed by atoms with Crippen LogP contribution in [0, 0.1) is 13.8 Å². The third-order valence-electron chi connectivity index (χ3n) is 3.86. The van der Waals surface area contributed by atoms with Crippen molar-refractivity contribution in [2.24, 2.45) is 0 Å². The van der Waals surface area contributed by atoms with Gasteiger partial charge < -0.3 is 4.74 Å². The molecule has 0 atom stereocenters. The first-order valence-electron chi connectivity index (χ1n) is 8.20. The van der Waals surface area contributed by atoms with Gasteiger partial charge >= 0.3 is 0 Å². The summed E-state index contributed by atoms with van der Waals surface area (Å²) in [6.45, 7) is 7.13. The molecule has 22 heavy (non-hydrogen) atoms. The maximum absolute atomic E-state index is 5.93. The number of H-pyrrole nitrogens is 1. The number of tetrazole rings is 1. The standard InChI is InChI=1S/C17H26N4O/c1-4-5-6-7-8-9-10-22-16-12-13(2)15(11-14(16)3)17-18-20-21-19-17/h11-12H,4-10H2,1-3H3,(H,18,19,20,21). The van der Waals surface area contributed by atoms with Gasteiger partial charge in [-0.05, 0) is 48.7 Å². The average Bonchev–Trinajstić information content (AvgIpc) is 3.03. The van der Waals surface area contributed by atoms with Crippen LogP contribution in [-0.2, 0) is 0 Å². The molecule has 0 spiro atoms. The molecule has 0 radical (unpaired) electrons. The van der Waals surface area contributed by atoms with E-state index in [1.807, 2.05) is 6.92 Å². The molecule has 5 heteroatoms. The zero-order chi connectivity index (χ0) is 15.8. The first kappa shape index (κ1) is 16.5. The highest BCUT2D eigenvalue weighted by atomic mass is 16.5. The second-order valence-corrected chi connectivity index (χ2v) is 5.78. The molecule has 0 bridgehead atoms. The number of aromatic nitrogens is 4. The lowest BCUT2D eigenvalue weighted by atomic mass is 10.0. The lowest BCUT2D eigenvalue weighted by Gasteiger charge is -2.12. The summed E-state index contributed by atoms with van der Waals surface area (Å²) >= 11 is 0. The van der Waals surface area contributed by atoms with Gasteiger partial charge in [-0.15, -0.1) is 10.2 Å². The molecule has 5 nitrogen and oxygen atoms in total. The van der Waals surface area contributed by atoms with E-state index in [0.717, 1.165) is 35.5 Å². The van der Waals surface area contributed by atoms with Gasteiger partial charge in [0.25, 0.3) is 0 Å². The van der Waals surface area contributed by atoms with Crippen LogP contribution in [0.2, 0.25) is 0 Å². The highest BCUT2D eigenvalue weighted by Gasteiger charge is 2.10. The van der Waals surface area contributed by atoms with E-state index in [4.69, 9.17) is 4.74 Å². The number of aryl methyl sites for hydroxylation is 2. The minimum Gasteiger partial charge on any atom is -0.493 e. The summed E-state index contributed by atoms with van der Waals surface area (Å²) in [7, 11) is 0. The summed E-state index contributed by atoms with van der Waals surface area (Å²) in [5.41, 5.74) is 3.21. The molecule has 1 heterocycles. The molecule has 2 rings (SSSR count). The van der Waals surface area contributed by atoms with Gasteiger partial charge in [0.15, 0.2) is 0 Å². The molecular formula is C17H26N4O. The van der Waals surface area contributed by atoms with Gasteiger partial charge in [0, 0.05) is 5.56 Å². The fraction of sp³-hybridized carbons (Fsp3) is 0.588. The number of nitrogens with one attached hydrogen (secondary N) is 1. The zero-order valence-electron chi connectivity index (χ0n) is 13.9. The summed E-state index contributed by atoms with van der Waals surface area (Å²) in [4.78, 5) is 0. The topological polar surface area (TPSA) is 63.7 Å². The van der Waals surface area contributed by atoms with E-state index in [-0.39, 0.29) is 0 Å². The van der Waals surface area contributed by atoms with Crippen molar-refractivity contribution < 1.29 is 4.74 Å². The Morgan fingerprint density at radius 1 is 1.00 bits per heavy atom. The van der Waals surface area contributed by atoms with Crippen molar-refractivity contribution in [2.75, 3.05) is 6.61 Å². The van der Waals surface area contributed by atoms with Gasteiger partial charge in [-0.25, -0.2) is 0 Å². The van der Waals surface area contributed by atoms with Gasteiger partial charge in [0.2, 0.25) is 5.82 Å². The smallest absolute Gasteiger partial charge is 0.204 e. The lowest BCUT2D eigenvalue weighted by Crippen LogP contribution is -2.00. The van der Waals surface area contributed by atoms with Gasteiger partial charge in [0.05, 0.1) is 6.61 Å². The van der Waals surface area contributed by atoms with Gasteiger partial charge in [0.1, 0.15) is 5.75 Å². The van der Waals surface area contributed by atoms with E-state index in [1.165, 1.54) is 32.1 Å². The van der Waals surface area contributed by atoms with Crippen LogP contribution in [0.4, 0.5) is 0 Å². The number of unbranched alkanes of at least 4 members (excludes halogenated alkanes) is 5. The van der Waals surface area contributed by atoms with Crippen LogP contribution in [0.1, 0.15) is 56.6 Å². The molecule has 2 aromatic rings. The Morgan fingerprint density at radius 2 is 1.77 bits per heavy atom. The molecule has 1 N–H and O–H groups in total. The predicted octanol–water partition coefficient (Wildman–Crippen LogP) is 4.22. The van der Waals surface area contributed by atoms with Crippen LogP contribution < -0.4 is 4.74 Å². The number of hydrogen-bond acceptors (Lipinski definition) is 4. The van der Waals surface area contributed by atoms with Crippen molar-refractivity contribution in [3.8, 4) is 17.1 Å². The largest absolute Gasteiger partial charge is 0.493 e. The molecule has 0 unspecified atom stereocenters. The van der Waals surface area contributed by atoms with E-state index < -0.39 is 0 Å². The Bertz CT molecular complexity index is 566. The highest BCUT2D eigenvalue weighted by Crippen LogP contribution is 2.28. The Hall–Kier alpha value is -1.91. The van der Waals surface area contributed by atoms with E-state index >= 15 is 0 Å². The quantitative estimate of drug-likeness (QED) is 0.704. The fourth-order valence-electron chi connectivity index (χ4n) is 2.53. The van der Waals surface area contributed by atoms with Crippen molar-refractivity contribution in [1.82, 2.24) is 20.6 Å². The van der Waals surface area contributed by atoms with Crippen LogP contribution in [0.15, 0.2) is 12.1 Å². The molecule has 120 valence electrons. The Kier molecular flexibility index (Phi) is 6.37. The second-order valence-electron chi connectivity index (χ2n) is 5.78. The van der Waals surface area contributed by atoms with E-state index in [9.17, 15) is 0 Å². The number of benzene rings is 1. The molecule has 0 aliphatic carbocycles. The van der Waals surface area contributed by atoms with Crippen LogP contribution >= 0.6 is 0 Å². The molecule has 0 saturated heterocycles. The van der Waals surface area contributed by atoms with Crippen molar-refractivity contribution in [2.45, 2.75) is 59.3 Å². The molecular weight excluding hydrogens is 276 g/mol. The van der Waals surface area contributed by atoms with Crippen molar-refractivity contribution in [3.63, 3.8) is 0 Å². The normalized spacial score (nSPS) is 10.9. The summed E-state index contributed by atoms with van der Waals surface area (Å²) in [6.07, 6.45) is 7.66. The SMILES string of the molecule is CCCCCCCCOc1cc(C)c(-c2nn[nH]n2)cc1C. The maximum Gasteiger partial charge on any atom is 0.204 e. The van der Waals surface area contributed by atoms with Crippen LogP contribution in [0.25, 0.3) is 11.4 Å².